The Kier molecular flexibility index (Phi) is 4.77. The Bertz CT molecular complexity index is 539. The molecule has 0 saturated carbocycles. The van der Waals surface area contributed by atoms with Gasteiger partial charge in [-0.05, 0) is 22.8 Å². The van der Waals surface area contributed by atoms with Crippen LogP contribution in [0.3, 0.4) is 0 Å². The van der Waals surface area contributed by atoms with Crippen LogP contribution < -0.4 is 5.32 Å². The fourth-order valence-corrected chi connectivity index (χ4v) is 2.30. The van der Waals surface area contributed by atoms with Crippen molar-refractivity contribution in [3.05, 3.63) is 42.0 Å². The van der Waals surface area contributed by atoms with Crippen LogP contribution in [0.5, 0.6) is 5.75 Å². The van der Waals surface area contributed by atoms with Crippen molar-refractivity contribution in [2.24, 2.45) is 5.92 Å². The predicted molar refractivity (Wildman–Crippen MR) is 78.4 cm³/mol. The molecule has 1 atom stereocenters. The first-order chi connectivity index (χ1) is 9.22. The first-order valence-corrected chi connectivity index (χ1v) is 6.61. The molecule has 2 aromatic carbocycles. The Morgan fingerprint density at radius 3 is 2.79 bits per heavy atom. The second-order valence-electron chi connectivity index (χ2n) is 4.98. The molecule has 2 N–H and O–H groups in total. The highest BCUT2D eigenvalue weighted by atomic mass is 16.5. The molecule has 0 aliphatic carbocycles. The summed E-state index contributed by atoms with van der Waals surface area (Å²) in [5, 5.41) is 15.7. The summed E-state index contributed by atoms with van der Waals surface area (Å²) in [6, 6.07) is 11.8. The average Bonchev–Trinajstić information content (AvgIpc) is 2.41. The number of methoxy groups -OCH3 is 1. The average molecular weight is 259 g/mol. The number of phenolic OH excluding ortho intramolecular Hbond substituents is 1. The van der Waals surface area contributed by atoms with Gasteiger partial charge < -0.3 is 15.2 Å². The molecular formula is C16H21NO2. The minimum Gasteiger partial charge on any atom is -0.508 e. The first kappa shape index (κ1) is 13.8. The van der Waals surface area contributed by atoms with Gasteiger partial charge in [0.2, 0.25) is 0 Å². The fourth-order valence-electron chi connectivity index (χ4n) is 2.30. The third-order valence-corrected chi connectivity index (χ3v) is 3.26. The van der Waals surface area contributed by atoms with Gasteiger partial charge in [0.15, 0.2) is 0 Å². The van der Waals surface area contributed by atoms with Crippen molar-refractivity contribution in [1.82, 2.24) is 5.32 Å². The van der Waals surface area contributed by atoms with Gasteiger partial charge in [0.1, 0.15) is 5.75 Å². The number of hydrogen-bond donors (Lipinski definition) is 2. The van der Waals surface area contributed by atoms with Crippen molar-refractivity contribution in [2.75, 3.05) is 20.3 Å². The highest BCUT2D eigenvalue weighted by Crippen LogP contribution is 2.26. The van der Waals surface area contributed by atoms with Crippen molar-refractivity contribution in [3.63, 3.8) is 0 Å². The maximum Gasteiger partial charge on any atom is 0.120 e. The normalized spacial score (nSPS) is 12.7. The number of fused-ring (bicyclic) bond motifs is 1. The van der Waals surface area contributed by atoms with Crippen LogP contribution in [0.4, 0.5) is 0 Å². The van der Waals surface area contributed by atoms with Crippen molar-refractivity contribution in [1.29, 1.82) is 0 Å². The van der Waals surface area contributed by atoms with Crippen LogP contribution in [-0.4, -0.2) is 25.4 Å². The second kappa shape index (κ2) is 6.55. The maximum absolute atomic E-state index is 10.0. The van der Waals surface area contributed by atoms with E-state index in [0.29, 0.717) is 18.2 Å². The summed E-state index contributed by atoms with van der Waals surface area (Å²) in [5.74, 6) is 0.813. The molecule has 0 bridgehead atoms. The maximum atomic E-state index is 10.0. The molecule has 0 saturated heterocycles. The molecule has 19 heavy (non-hydrogen) atoms. The van der Waals surface area contributed by atoms with Gasteiger partial charge in [-0.1, -0.05) is 37.3 Å². The number of ether oxygens (including phenoxy) is 1. The van der Waals surface area contributed by atoms with E-state index in [4.69, 9.17) is 4.74 Å². The number of phenols is 1. The summed E-state index contributed by atoms with van der Waals surface area (Å²) in [4.78, 5) is 0. The molecule has 102 valence electrons. The third kappa shape index (κ3) is 3.46. The lowest BCUT2D eigenvalue weighted by molar-refractivity contribution is 0.158. The highest BCUT2D eigenvalue weighted by molar-refractivity contribution is 5.87. The van der Waals surface area contributed by atoms with Gasteiger partial charge >= 0.3 is 0 Å². The van der Waals surface area contributed by atoms with Crippen LogP contribution in [0, 0.1) is 5.92 Å². The Morgan fingerprint density at radius 1 is 1.21 bits per heavy atom. The van der Waals surface area contributed by atoms with E-state index in [0.717, 1.165) is 29.5 Å². The summed E-state index contributed by atoms with van der Waals surface area (Å²) >= 11 is 0. The molecule has 0 radical (unpaired) electrons. The number of aromatic hydroxyl groups is 1. The van der Waals surface area contributed by atoms with Crippen molar-refractivity contribution < 1.29 is 9.84 Å². The zero-order valence-corrected chi connectivity index (χ0v) is 11.5. The van der Waals surface area contributed by atoms with Gasteiger partial charge in [-0.2, -0.15) is 0 Å². The summed E-state index contributed by atoms with van der Waals surface area (Å²) in [5.41, 5.74) is 0.961. The Hall–Kier alpha value is -1.58. The van der Waals surface area contributed by atoms with Crippen LogP contribution in [0.2, 0.25) is 0 Å². The molecule has 0 fully saturated rings. The van der Waals surface area contributed by atoms with E-state index in [1.54, 1.807) is 13.2 Å². The van der Waals surface area contributed by atoms with E-state index in [-0.39, 0.29) is 0 Å². The monoisotopic (exact) mass is 259 g/mol. The molecule has 0 spiro atoms. The quantitative estimate of drug-likeness (QED) is 0.838. The zero-order valence-electron chi connectivity index (χ0n) is 11.5. The molecule has 0 amide bonds. The summed E-state index contributed by atoms with van der Waals surface area (Å²) in [6.45, 7) is 4.42. The van der Waals surface area contributed by atoms with Crippen molar-refractivity contribution in [3.8, 4) is 5.75 Å². The minimum absolute atomic E-state index is 0.352. The Labute approximate surface area is 114 Å². The molecule has 0 aliphatic heterocycles. The van der Waals surface area contributed by atoms with E-state index < -0.39 is 0 Å². The van der Waals surface area contributed by atoms with Crippen LogP contribution >= 0.6 is 0 Å². The fraction of sp³-hybridized carbons (Fsp3) is 0.375. The van der Waals surface area contributed by atoms with E-state index >= 15 is 0 Å². The summed E-state index contributed by atoms with van der Waals surface area (Å²) < 4.78 is 5.11. The van der Waals surface area contributed by atoms with Gasteiger partial charge in [-0.15, -0.1) is 0 Å². The van der Waals surface area contributed by atoms with Crippen molar-refractivity contribution >= 4 is 10.8 Å². The lowest BCUT2D eigenvalue weighted by atomic mass is 10.0. The molecule has 3 nitrogen and oxygen atoms in total. The largest absolute Gasteiger partial charge is 0.508 e. The predicted octanol–water partition coefficient (Wildman–Crippen LogP) is 2.92. The molecule has 3 heteroatoms. The number of hydrogen-bond acceptors (Lipinski definition) is 3. The molecular weight excluding hydrogens is 238 g/mol. The molecule has 0 aromatic heterocycles. The van der Waals surface area contributed by atoms with E-state index in [1.165, 1.54) is 0 Å². The first-order valence-electron chi connectivity index (χ1n) is 6.61. The summed E-state index contributed by atoms with van der Waals surface area (Å²) in [7, 11) is 1.72. The SMILES string of the molecule is COCC(C)CNCc1c(O)ccc2ccccc12. The van der Waals surface area contributed by atoms with Crippen LogP contribution in [0.25, 0.3) is 10.8 Å². The molecule has 0 heterocycles. The van der Waals surface area contributed by atoms with Crippen LogP contribution in [0.15, 0.2) is 36.4 Å². The lowest BCUT2D eigenvalue weighted by Gasteiger charge is -2.13. The van der Waals surface area contributed by atoms with E-state index in [1.807, 2.05) is 24.3 Å². The van der Waals surface area contributed by atoms with Gasteiger partial charge in [-0.25, -0.2) is 0 Å². The van der Waals surface area contributed by atoms with Gasteiger partial charge in [0.25, 0.3) is 0 Å². The van der Waals surface area contributed by atoms with Crippen molar-refractivity contribution in [2.45, 2.75) is 13.5 Å². The lowest BCUT2D eigenvalue weighted by Crippen LogP contribution is -2.23. The molecule has 2 rings (SSSR count). The van der Waals surface area contributed by atoms with E-state index in [9.17, 15) is 5.11 Å². The summed E-state index contributed by atoms with van der Waals surface area (Å²) in [6.07, 6.45) is 0. The molecule has 2 aromatic rings. The molecule has 1 unspecified atom stereocenters. The minimum atomic E-state index is 0.352. The smallest absolute Gasteiger partial charge is 0.120 e. The van der Waals surface area contributed by atoms with E-state index in [2.05, 4.69) is 18.3 Å². The second-order valence-corrected chi connectivity index (χ2v) is 4.98. The van der Waals surface area contributed by atoms with Gasteiger partial charge in [0, 0.05) is 32.4 Å². The highest BCUT2D eigenvalue weighted by Gasteiger charge is 2.07. The van der Waals surface area contributed by atoms with Crippen LogP contribution in [0.1, 0.15) is 12.5 Å². The third-order valence-electron chi connectivity index (χ3n) is 3.26. The standard InChI is InChI=1S/C16H21NO2/c1-12(11-19-2)9-17-10-15-14-6-4-3-5-13(14)7-8-16(15)18/h3-8,12,17-18H,9-11H2,1-2H3. The number of benzene rings is 2. The zero-order chi connectivity index (χ0) is 13.7. The van der Waals surface area contributed by atoms with Crippen LogP contribution in [-0.2, 0) is 11.3 Å². The van der Waals surface area contributed by atoms with Gasteiger partial charge in [-0.3, -0.25) is 0 Å². The Balaban J connectivity index is 2.09. The molecule has 0 aliphatic rings. The topological polar surface area (TPSA) is 41.5 Å². The Morgan fingerprint density at radius 2 is 2.00 bits per heavy atom. The number of rotatable bonds is 6. The van der Waals surface area contributed by atoms with Gasteiger partial charge in [0.05, 0.1) is 0 Å². The number of nitrogens with one attached hydrogen (secondary N) is 1.